The SMILES string of the molecule is Cc1cn[nH]c1CNC1CCSCC1. The maximum Gasteiger partial charge on any atom is 0.0519 e. The van der Waals surface area contributed by atoms with Crippen LogP contribution >= 0.6 is 11.8 Å². The minimum Gasteiger partial charge on any atom is -0.308 e. The zero-order valence-electron chi connectivity index (χ0n) is 8.55. The molecule has 1 aromatic heterocycles. The summed E-state index contributed by atoms with van der Waals surface area (Å²) in [5.74, 6) is 2.61. The van der Waals surface area contributed by atoms with E-state index in [-0.39, 0.29) is 0 Å². The number of nitrogens with zero attached hydrogens (tertiary/aromatic N) is 1. The normalized spacial score (nSPS) is 18.6. The highest BCUT2D eigenvalue weighted by Gasteiger charge is 2.13. The second kappa shape index (κ2) is 4.84. The highest BCUT2D eigenvalue weighted by molar-refractivity contribution is 7.99. The van der Waals surface area contributed by atoms with Crippen LogP contribution < -0.4 is 5.32 Å². The van der Waals surface area contributed by atoms with Crippen molar-refractivity contribution in [3.63, 3.8) is 0 Å². The molecule has 3 nitrogen and oxygen atoms in total. The lowest BCUT2D eigenvalue weighted by atomic mass is 10.1. The van der Waals surface area contributed by atoms with Gasteiger partial charge in [-0.1, -0.05) is 0 Å². The van der Waals surface area contributed by atoms with Gasteiger partial charge in [-0.2, -0.15) is 16.9 Å². The fourth-order valence-electron chi connectivity index (χ4n) is 1.70. The Hall–Kier alpha value is -0.480. The molecule has 1 aliphatic rings. The summed E-state index contributed by atoms with van der Waals surface area (Å²) in [4.78, 5) is 0. The molecular formula is C10H17N3S. The number of aromatic nitrogens is 2. The predicted octanol–water partition coefficient (Wildman–Crippen LogP) is 1.70. The van der Waals surface area contributed by atoms with E-state index in [2.05, 4.69) is 34.2 Å². The first-order chi connectivity index (χ1) is 6.86. The molecule has 1 saturated heterocycles. The summed E-state index contributed by atoms with van der Waals surface area (Å²) in [6.07, 6.45) is 4.49. The van der Waals surface area contributed by atoms with Gasteiger partial charge in [0.05, 0.1) is 11.9 Å². The summed E-state index contributed by atoms with van der Waals surface area (Å²) < 4.78 is 0. The van der Waals surface area contributed by atoms with Gasteiger partial charge in [0.2, 0.25) is 0 Å². The Morgan fingerprint density at radius 3 is 3.00 bits per heavy atom. The zero-order valence-corrected chi connectivity index (χ0v) is 9.36. The predicted molar refractivity (Wildman–Crippen MR) is 60.5 cm³/mol. The Morgan fingerprint density at radius 1 is 1.57 bits per heavy atom. The second-order valence-electron chi connectivity index (χ2n) is 3.80. The van der Waals surface area contributed by atoms with Crippen molar-refractivity contribution in [1.82, 2.24) is 15.5 Å². The Bertz CT molecular complexity index is 279. The monoisotopic (exact) mass is 211 g/mol. The van der Waals surface area contributed by atoms with E-state index >= 15 is 0 Å². The lowest BCUT2D eigenvalue weighted by Gasteiger charge is -2.22. The third-order valence-electron chi connectivity index (χ3n) is 2.72. The standard InChI is InChI=1S/C10H17N3S/c1-8-6-12-13-10(8)7-11-9-2-4-14-5-3-9/h6,9,11H,2-5,7H2,1H3,(H,12,13). The van der Waals surface area contributed by atoms with E-state index in [9.17, 15) is 0 Å². The first-order valence-electron chi connectivity index (χ1n) is 5.16. The van der Waals surface area contributed by atoms with Crippen molar-refractivity contribution in [1.29, 1.82) is 0 Å². The second-order valence-corrected chi connectivity index (χ2v) is 5.02. The Labute approximate surface area is 89.1 Å². The van der Waals surface area contributed by atoms with Crippen molar-refractivity contribution in [2.24, 2.45) is 0 Å². The molecule has 0 saturated carbocycles. The Morgan fingerprint density at radius 2 is 2.36 bits per heavy atom. The van der Waals surface area contributed by atoms with E-state index in [1.807, 2.05) is 6.20 Å². The molecule has 1 fully saturated rings. The average molecular weight is 211 g/mol. The fourth-order valence-corrected chi connectivity index (χ4v) is 2.81. The van der Waals surface area contributed by atoms with Crippen molar-refractivity contribution in [2.75, 3.05) is 11.5 Å². The number of aromatic amines is 1. The van der Waals surface area contributed by atoms with Gasteiger partial charge >= 0.3 is 0 Å². The lowest BCUT2D eigenvalue weighted by Crippen LogP contribution is -2.32. The van der Waals surface area contributed by atoms with Crippen LogP contribution in [0.15, 0.2) is 6.20 Å². The first kappa shape index (κ1) is 10.1. The van der Waals surface area contributed by atoms with E-state index in [1.165, 1.54) is 35.6 Å². The highest BCUT2D eigenvalue weighted by atomic mass is 32.2. The van der Waals surface area contributed by atoms with E-state index < -0.39 is 0 Å². The van der Waals surface area contributed by atoms with E-state index in [0.29, 0.717) is 6.04 Å². The smallest absolute Gasteiger partial charge is 0.0519 e. The fraction of sp³-hybridized carbons (Fsp3) is 0.700. The van der Waals surface area contributed by atoms with Gasteiger partial charge in [0.15, 0.2) is 0 Å². The van der Waals surface area contributed by atoms with Gasteiger partial charge in [-0.15, -0.1) is 0 Å². The molecule has 0 spiro atoms. The van der Waals surface area contributed by atoms with Crippen molar-refractivity contribution >= 4 is 11.8 Å². The molecule has 2 N–H and O–H groups in total. The van der Waals surface area contributed by atoms with Crippen LogP contribution in [-0.4, -0.2) is 27.7 Å². The summed E-state index contributed by atoms with van der Waals surface area (Å²) in [6, 6.07) is 0.707. The maximum absolute atomic E-state index is 4.02. The molecule has 78 valence electrons. The molecule has 0 unspecified atom stereocenters. The molecule has 0 amide bonds. The topological polar surface area (TPSA) is 40.7 Å². The molecule has 0 aliphatic carbocycles. The Kier molecular flexibility index (Phi) is 3.48. The lowest BCUT2D eigenvalue weighted by molar-refractivity contribution is 0.478. The van der Waals surface area contributed by atoms with E-state index in [0.717, 1.165) is 6.54 Å². The molecule has 2 rings (SSSR count). The van der Waals surface area contributed by atoms with Gasteiger partial charge in [-0.25, -0.2) is 0 Å². The number of H-pyrrole nitrogens is 1. The van der Waals surface area contributed by atoms with Crippen LogP contribution in [-0.2, 0) is 6.54 Å². The van der Waals surface area contributed by atoms with Gasteiger partial charge in [0.1, 0.15) is 0 Å². The third-order valence-corrected chi connectivity index (χ3v) is 3.77. The third kappa shape index (κ3) is 2.51. The number of hydrogen-bond donors (Lipinski definition) is 2. The Balaban J connectivity index is 1.79. The molecule has 14 heavy (non-hydrogen) atoms. The minimum absolute atomic E-state index is 0.707. The summed E-state index contributed by atoms with van der Waals surface area (Å²) in [7, 11) is 0. The first-order valence-corrected chi connectivity index (χ1v) is 6.31. The van der Waals surface area contributed by atoms with Gasteiger partial charge in [-0.05, 0) is 36.8 Å². The number of nitrogens with one attached hydrogen (secondary N) is 2. The quantitative estimate of drug-likeness (QED) is 0.799. The highest BCUT2D eigenvalue weighted by Crippen LogP contribution is 2.17. The van der Waals surface area contributed by atoms with Crippen molar-refractivity contribution in [2.45, 2.75) is 32.4 Å². The number of hydrogen-bond acceptors (Lipinski definition) is 3. The molecular weight excluding hydrogens is 194 g/mol. The van der Waals surface area contributed by atoms with Gasteiger partial charge in [0.25, 0.3) is 0 Å². The van der Waals surface area contributed by atoms with Gasteiger partial charge < -0.3 is 5.32 Å². The van der Waals surface area contributed by atoms with E-state index in [4.69, 9.17) is 0 Å². The van der Waals surface area contributed by atoms with Gasteiger partial charge in [-0.3, -0.25) is 5.10 Å². The van der Waals surface area contributed by atoms with Crippen LogP contribution in [0.25, 0.3) is 0 Å². The van der Waals surface area contributed by atoms with Crippen LogP contribution in [0.5, 0.6) is 0 Å². The van der Waals surface area contributed by atoms with Crippen LogP contribution in [0.3, 0.4) is 0 Å². The number of rotatable bonds is 3. The zero-order chi connectivity index (χ0) is 9.80. The van der Waals surface area contributed by atoms with Crippen molar-refractivity contribution in [3.05, 3.63) is 17.5 Å². The number of thioether (sulfide) groups is 1. The molecule has 1 aliphatic heterocycles. The molecule has 4 heteroatoms. The van der Waals surface area contributed by atoms with E-state index in [1.54, 1.807) is 0 Å². The van der Waals surface area contributed by atoms with Crippen LogP contribution in [0, 0.1) is 6.92 Å². The van der Waals surface area contributed by atoms with Crippen molar-refractivity contribution < 1.29 is 0 Å². The van der Waals surface area contributed by atoms with Crippen LogP contribution in [0.1, 0.15) is 24.1 Å². The summed E-state index contributed by atoms with van der Waals surface area (Å²) in [6.45, 7) is 3.03. The summed E-state index contributed by atoms with van der Waals surface area (Å²) in [5, 5.41) is 10.6. The largest absolute Gasteiger partial charge is 0.308 e. The average Bonchev–Trinajstić information content (AvgIpc) is 2.63. The molecule has 2 heterocycles. The number of aryl methyl sites for hydroxylation is 1. The minimum atomic E-state index is 0.707. The maximum atomic E-state index is 4.02. The molecule has 0 aromatic carbocycles. The molecule has 0 radical (unpaired) electrons. The molecule has 1 aromatic rings. The molecule has 0 bridgehead atoms. The van der Waals surface area contributed by atoms with Crippen LogP contribution in [0.4, 0.5) is 0 Å². The summed E-state index contributed by atoms with van der Waals surface area (Å²) >= 11 is 2.06. The van der Waals surface area contributed by atoms with Gasteiger partial charge in [0, 0.05) is 12.6 Å². The van der Waals surface area contributed by atoms with Crippen molar-refractivity contribution in [3.8, 4) is 0 Å². The van der Waals surface area contributed by atoms with Crippen LogP contribution in [0.2, 0.25) is 0 Å². The molecule has 0 atom stereocenters. The summed E-state index contributed by atoms with van der Waals surface area (Å²) in [5.41, 5.74) is 2.48.